The Kier molecular flexibility index (Phi) is 4.83. The lowest BCUT2D eigenvalue weighted by Crippen LogP contribution is -2.39. The number of hydrogen-bond donors (Lipinski definition) is 0. The maximum absolute atomic E-state index is 12.4. The summed E-state index contributed by atoms with van der Waals surface area (Å²) in [6.07, 6.45) is 1.21. The van der Waals surface area contributed by atoms with Gasteiger partial charge in [-0.3, -0.25) is 9.59 Å². The summed E-state index contributed by atoms with van der Waals surface area (Å²) >= 11 is 0. The average Bonchev–Trinajstić information content (AvgIpc) is 2.50. The first-order valence-electron chi connectivity index (χ1n) is 7.09. The zero-order valence-electron chi connectivity index (χ0n) is 12.7. The van der Waals surface area contributed by atoms with Gasteiger partial charge in [0.25, 0.3) is 0 Å². The molecule has 114 valence electrons. The van der Waals surface area contributed by atoms with Crippen LogP contribution in [-0.2, 0) is 20.7 Å². The molecule has 1 aliphatic heterocycles. The highest BCUT2D eigenvalue weighted by Crippen LogP contribution is 2.33. The second kappa shape index (κ2) is 6.61. The van der Waals surface area contributed by atoms with E-state index in [9.17, 15) is 9.59 Å². The lowest BCUT2D eigenvalue weighted by atomic mass is 9.93. The van der Waals surface area contributed by atoms with Crippen molar-refractivity contribution in [3.8, 4) is 5.75 Å². The maximum atomic E-state index is 12.4. The summed E-state index contributed by atoms with van der Waals surface area (Å²) in [6, 6.07) is 5.75. The van der Waals surface area contributed by atoms with Crippen LogP contribution in [-0.4, -0.2) is 32.6 Å². The Labute approximate surface area is 124 Å². The molecule has 2 rings (SSSR count). The number of methoxy groups -OCH3 is 2. The lowest BCUT2D eigenvalue weighted by Gasteiger charge is -2.33. The van der Waals surface area contributed by atoms with Crippen molar-refractivity contribution in [2.24, 2.45) is 5.92 Å². The first-order chi connectivity index (χ1) is 10.0. The molecular weight excluding hydrogens is 270 g/mol. The average molecular weight is 291 g/mol. The third-order valence-electron chi connectivity index (χ3n) is 3.71. The molecule has 0 N–H and O–H groups in total. The molecule has 0 fully saturated rings. The number of benzene rings is 1. The molecule has 5 heteroatoms. The third-order valence-corrected chi connectivity index (χ3v) is 3.71. The van der Waals surface area contributed by atoms with E-state index >= 15 is 0 Å². The Morgan fingerprint density at radius 1 is 1.29 bits per heavy atom. The Morgan fingerprint density at radius 2 is 2.05 bits per heavy atom. The number of nitrogens with zero attached hydrogens (tertiary/aromatic N) is 1. The fourth-order valence-corrected chi connectivity index (χ4v) is 2.65. The van der Waals surface area contributed by atoms with Crippen molar-refractivity contribution in [3.63, 3.8) is 0 Å². The molecule has 1 amide bonds. The lowest BCUT2D eigenvalue weighted by molar-refractivity contribution is -0.141. The third kappa shape index (κ3) is 3.54. The minimum atomic E-state index is -0.358. The number of ether oxygens (including phenoxy) is 2. The van der Waals surface area contributed by atoms with Gasteiger partial charge in [0.1, 0.15) is 5.75 Å². The van der Waals surface area contributed by atoms with Crippen LogP contribution in [0.3, 0.4) is 0 Å². The van der Waals surface area contributed by atoms with Crippen molar-refractivity contribution >= 4 is 17.6 Å². The Balaban J connectivity index is 2.18. The van der Waals surface area contributed by atoms with Gasteiger partial charge in [-0.25, -0.2) is 0 Å². The summed E-state index contributed by atoms with van der Waals surface area (Å²) < 4.78 is 9.82. The summed E-state index contributed by atoms with van der Waals surface area (Å²) in [5.41, 5.74) is 2.03. The molecular formula is C16H21NO4. The van der Waals surface area contributed by atoms with Gasteiger partial charge in [-0.2, -0.15) is 0 Å². The normalized spacial score (nSPS) is 17.1. The highest BCUT2D eigenvalue weighted by Gasteiger charge is 2.26. The van der Waals surface area contributed by atoms with Gasteiger partial charge in [0.2, 0.25) is 5.91 Å². The van der Waals surface area contributed by atoms with Gasteiger partial charge in [0.05, 0.1) is 20.6 Å². The fourth-order valence-electron chi connectivity index (χ4n) is 2.65. The molecule has 1 aromatic rings. The van der Waals surface area contributed by atoms with Crippen molar-refractivity contribution in [1.29, 1.82) is 0 Å². The zero-order chi connectivity index (χ0) is 15.4. The van der Waals surface area contributed by atoms with E-state index in [1.807, 2.05) is 18.2 Å². The van der Waals surface area contributed by atoms with Gasteiger partial charge < -0.3 is 14.4 Å². The number of hydrogen-bond acceptors (Lipinski definition) is 4. The van der Waals surface area contributed by atoms with Crippen LogP contribution in [0.2, 0.25) is 0 Å². The molecule has 0 spiro atoms. The molecule has 0 bridgehead atoms. The van der Waals surface area contributed by atoms with Crippen LogP contribution in [0.4, 0.5) is 5.69 Å². The number of fused-ring (bicyclic) bond motifs is 1. The molecule has 21 heavy (non-hydrogen) atoms. The number of amides is 1. The van der Waals surface area contributed by atoms with E-state index in [4.69, 9.17) is 4.74 Å². The minimum absolute atomic E-state index is 0.0432. The van der Waals surface area contributed by atoms with Crippen LogP contribution in [0.15, 0.2) is 18.2 Å². The molecule has 1 unspecified atom stereocenters. The van der Waals surface area contributed by atoms with Crippen LogP contribution in [0.1, 0.15) is 25.3 Å². The number of carbonyl (C=O) groups is 2. The smallest absolute Gasteiger partial charge is 0.306 e. The van der Waals surface area contributed by atoms with E-state index in [1.54, 1.807) is 12.0 Å². The first-order valence-corrected chi connectivity index (χ1v) is 7.09. The van der Waals surface area contributed by atoms with Gasteiger partial charge in [0, 0.05) is 18.7 Å². The molecule has 0 saturated heterocycles. The first kappa shape index (κ1) is 15.4. The zero-order valence-corrected chi connectivity index (χ0v) is 12.7. The van der Waals surface area contributed by atoms with Gasteiger partial charge in [-0.15, -0.1) is 0 Å². The molecule has 5 nitrogen and oxygen atoms in total. The van der Waals surface area contributed by atoms with E-state index in [1.165, 1.54) is 7.11 Å². The van der Waals surface area contributed by atoms with E-state index in [-0.39, 0.29) is 24.7 Å². The van der Waals surface area contributed by atoms with E-state index in [2.05, 4.69) is 11.7 Å². The van der Waals surface area contributed by atoms with Crippen molar-refractivity contribution in [2.75, 3.05) is 25.7 Å². The molecule has 1 aromatic carbocycles. The van der Waals surface area contributed by atoms with Gasteiger partial charge in [-0.1, -0.05) is 6.92 Å². The van der Waals surface area contributed by atoms with E-state index in [0.717, 1.165) is 23.4 Å². The van der Waals surface area contributed by atoms with Crippen molar-refractivity contribution in [2.45, 2.75) is 26.2 Å². The van der Waals surface area contributed by atoms with Gasteiger partial charge in [-0.05, 0) is 36.1 Å². The second-order valence-corrected chi connectivity index (χ2v) is 5.38. The standard InChI is InChI=1S/C16H21NO4/c1-11-8-12-9-13(20-2)4-5-14(12)17(10-11)15(18)6-7-16(19)21-3/h4-5,9,11H,6-8,10H2,1-3H3. The summed E-state index contributed by atoms with van der Waals surface area (Å²) in [5, 5.41) is 0. The molecule has 0 aromatic heterocycles. The highest BCUT2D eigenvalue weighted by atomic mass is 16.5. The summed E-state index contributed by atoms with van der Waals surface area (Å²) in [6.45, 7) is 2.79. The molecule has 0 radical (unpaired) electrons. The quantitative estimate of drug-likeness (QED) is 0.798. The van der Waals surface area contributed by atoms with E-state index < -0.39 is 0 Å². The molecule has 1 heterocycles. The van der Waals surface area contributed by atoms with Crippen LogP contribution >= 0.6 is 0 Å². The van der Waals surface area contributed by atoms with Crippen LogP contribution in [0, 0.1) is 5.92 Å². The van der Waals surface area contributed by atoms with Crippen molar-refractivity contribution in [1.82, 2.24) is 0 Å². The number of anilines is 1. The second-order valence-electron chi connectivity index (χ2n) is 5.38. The Hall–Kier alpha value is -2.04. The fraction of sp³-hybridized carbons (Fsp3) is 0.500. The summed E-state index contributed by atoms with van der Waals surface area (Å²) in [7, 11) is 2.96. The van der Waals surface area contributed by atoms with Crippen molar-refractivity contribution < 1.29 is 19.1 Å². The number of esters is 1. The minimum Gasteiger partial charge on any atom is -0.497 e. The Bertz CT molecular complexity index is 541. The van der Waals surface area contributed by atoms with Gasteiger partial charge >= 0.3 is 5.97 Å². The SMILES string of the molecule is COC(=O)CCC(=O)N1CC(C)Cc2cc(OC)ccc21. The number of carbonyl (C=O) groups excluding carboxylic acids is 2. The topological polar surface area (TPSA) is 55.8 Å². The monoisotopic (exact) mass is 291 g/mol. The molecule has 0 saturated carbocycles. The van der Waals surface area contributed by atoms with E-state index in [0.29, 0.717) is 12.5 Å². The predicted molar refractivity (Wildman–Crippen MR) is 79.5 cm³/mol. The summed E-state index contributed by atoms with van der Waals surface area (Å²) in [5.74, 6) is 0.776. The Morgan fingerprint density at radius 3 is 2.71 bits per heavy atom. The summed E-state index contributed by atoms with van der Waals surface area (Å²) in [4.78, 5) is 25.3. The molecule has 1 aliphatic rings. The van der Waals surface area contributed by atoms with Crippen LogP contribution in [0.5, 0.6) is 5.75 Å². The van der Waals surface area contributed by atoms with Crippen LogP contribution < -0.4 is 9.64 Å². The van der Waals surface area contributed by atoms with Crippen molar-refractivity contribution in [3.05, 3.63) is 23.8 Å². The molecule has 0 aliphatic carbocycles. The maximum Gasteiger partial charge on any atom is 0.306 e. The highest BCUT2D eigenvalue weighted by molar-refractivity contribution is 5.96. The van der Waals surface area contributed by atoms with Crippen LogP contribution in [0.25, 0.3) is 0 Å². The molecule has 1 atom stereocenters. The predicted octanol–water partition coefficient (Wildman–Crippen LogP) is 2.17. The van der Waals surface area contributed by atoms with Gasteiger partial charge in [0.15, 0.2) is 0 Å². The largest absolute Gasteiger partial charge is 0.497 e. The number of rotatable bonds is 4.